The van der Waals surface area contributed by atoms with Crippen LogP contribution in [0.2, 0.25) is 0 Å². The fourth-order valence-electron chi connectivity index (χ4n) is 1.23. The Hall–Kier alpha value is 0.0100. The molecule has 0 aliphatic heterocycles. The highest BCUT2D eigenvalue weighted by molar-refractivity contribution is 7.80. The molecule has 0 amide bonds. The van der Waals surface area contributed by atoms with Crippen LogP contribution in [0.5, 0.6) is 0 Å². The van der Waals surface area contributed by atoms with Crippen LogP contribution in [-0.4, -0.2) is 30.5 Å². The van der Waals surface area contributed by atoms with E-state index in [0.717, 1.165) is 24.3 Å². The van der Waals surface area contributed by atoms with Gasteiger partial charge in [0.05, 0.1) is 0 Å². The lowest BCUT2D eigenvalue weighted by atomic mass is 10.1. The first kappa shape index (κ1) is 13.0. The quantitative estimate of drug-likeness (QED) is 0.615. The van der Waals surface area contributed by atoms with Gasteiger partial charge in [0.15, 0.2) is 0 Å². The summed E-state index contributed by atoms with van der Waals surface area (Å²) < 4.78 is 0. The molecule has 13 heavy (non-hydrogen) atoms. The Balaban J connectivity index is 3.66. The monoisotopic (exact) mass is 202 g/mol. The standard InChI is InChI=1S/C10H22N2S/c1-5-10(13)9(11-4)6-7-12-8(2)3/h8-9,11-12H,5-7H2,1-4H3. The first-order chi connectivity index (χ1) is 6.11. The SMILES string of the molecule is CCC(=S)C(CCNC(C)C)NC. The number of thiocarbonyl (C=S) groups is 1. The van der Waals surface area contributed by atoms with E-state index in [2.05, 4.69) is 31.4 Å². The molecule has 0 aliphatic carbocycles. The van der Waals surface area contributed by atoms with Gasteiger partial charge in [0.25, 0.3) is 0 Å². The van der Waals surface area contributed by atoms with Gasteiger partial charge in [0, 0.05) is 16.9 Å². The van der Waals surface area contributed by atoms with E-state index in [1.165, 1.54) is 0 Å². The van der Waals surface area contributed by atoms with Crippen molar-refractivity contribution in [3.05, 3.63) is 0 Å². The zero-order valence-electron chi connectivity index (χ0n) is 9.18. The number of rotatable bonds is 7. The van der Waals surface area contributed by atoms with Crippen molar-refractivity contribution >= 4 is 17.1 Å². The normalized spacial score (nSPS) is 13.3. The minimum absolute atomic E-state index is 0.395. The van der Waals surface area contributed by atoms with Gasteiger partial charge >= 0.3 is 0 Å². The van der Waals surface area contributed by atoms with Crippen molar-refractivity contribution in [2.24, 2.45) is 0 Å². The minimum atomic E-state index is 0.395. The Kier molecular flexibility index (Phi) is 7.42. The number of hydrogen-bond acceptors (Lipinski definition) is 3. The lowest BCUT2D eigenvalue weighted by Gasteiger charge is -2.17. The predicted octanol–water partition coefficient (Wildman–Crippen LogP) is 1.74. The second-order valence-electron chi connectivity index (χ2n) is 3.56. The second kappa shape index (κ2) is 7.42. The van der Waals surface area contributed by atoms with Crippen molar-refractivity contribution in [1.29, 1.82) is 0 Å². The molecule has 0 saturated carbocycles. The summed E-state index contributed by atoms with van der Waals surface area (Å²) >= 11 is 5.26. The van der Waals surface area contributed by atoms with Crippen molar-refractivity contribution in [2.75, 3.05) is 13.6 Å². The zero-order valence-corrected chi connectivity index (χ0v) is 10.0. The van der Waals surface area contributed by atoms with Gasteiger partial charge in [-0.2, -0.15) is 0 Å². The molecule has 2 nitrogen and oxygen atoms in total. The molecule has 2 N–H and O–H groups in total. The van der Waals surface area contributed by atoms with Gasteiger partial charge < -0.3 is 10.6 Å². The van der Waals surface area contributed by atoms with E-state index in [-0.39, 0.29) is 0 Å². The third kappa shape index (κ3) is 6.13. The third-order valence-corrected chi connectivity index (χ3v) is 2.64. The van der Waals surface area contributed by atoms with E-state index in [0.29, 0.717) is 12.1 Å². The first-order valence-electron chi connectivity index (χ1n) is 5.05. The Morgan fingerprint density at radius 1 is 1.38 bits per heavy atom. The van der Waals surface area contributed by atoms with Gasteiger partial charge in [-0.05, 0) is 26.4 Å². The summed E-state index contributed by atoms with van der Waals surface area (Å²) in [7, 11) is 1.97. The molecule has 0 saturated heterocycles. The lowest BCUT2D eigenvalue weighted by molar-refractivity contribution is 0.536. The maximum atomic E-state index is 5.26. The molecule has 0 aromatic heterocycles. The van der Waals surface area contributed by atoms with Crippen LogP contribution in [-0.2, 0) is 0 Å². The van der Waals surface area contributed by atoms with Crippen molar-refractivity contribution in [3.63, 3.8) is 0 Å². The first-order valence-corrected chi connectivity index (χ1v) is 5.46. The molecule has 0 rings (SSSR count). The average molecular weight is 202 g/mol. The Bertz CT molecular complexity index is 146. The molecule has 1 unspecified atom stereocenters. The summed E-state index contributed by atoms with van der Waals surface area (Å²) in [6, 6.07) is 0.957. The van der Waals surface area contributed by atoms with Crippen molar-refractivity contribution in [3.8, 4) is 0 Å². The van der Waals surface area contributed by atoms with E-state index >= 15 is 0 Å². The van der Waals surface area contributed by atoms with Gasteiger partial charge in [-0.1, -0.05) is 33.0 Å². The molecule has 0 aliphatic rings. The molecule has 0 heterocycles. The predicted molar refractivity (Wildman–Crippen MR) is 63.5 cm³/mol. The lowest BCUT2D eigenvalue weighted by Crippen LogP contribution is -2.36. The van der Waals surface area contributed by atoms with Crippen LogP contribution in [0, 0.1) is 0 Å². The Morgan fingerprint density at radius 3 is 2.38 bits per heavy atom. The van der Waals surface area contributed by atoms with E-state index in [4.69, 9.17) is 12.2 Å². The topological polar surface area (TPSA) is 24.1 Å². The fraction of sp³-hybridized carbons (Fsp3) is 0.900. The van der Waals surface area contributed by atoms with Crippen LogP contribution in [0.4, 0.5) is 0 Å². The average Bonchev–Trinajstić information content (AvgIpc) is 2.11. The van der Waals surface area contributed by atoms with Crippen LogP contribution < -0.4 is 10.6 Å². The summed E-state index contributed by atoms with van der Waals surface area (Å²) in [4.78, 5) is 1.13. The maximum Gasteiger partial charge on any atom is 0.0393 e. The summed E-state index contributed by atoms with van der Waals surface area (Å²) in [5, 5.41) is 6.63. The van der Waals surface area contributed by atoms with E-state index in [1.54, 1.807) is 0 Å². The van der Waals surface area contributed by atoms with Crippen LogP contribution in [0.3, 0.4) is 0 Å². The Morgan fingerprint density at radius 2 is 2.00 bits per heavy atom. The van der Waals surface area contributed by atoms with E-state index < -0.39 is 0 Å². The van der Waals surface area contributed by atoms with Gasteiger partial charge in [-0.15, -0.1) is 0 Å². The van der Waals surface area contributed by atoms with Crippen LogP contribution in [0.1, 0.15) is 33.6 Å². The molecule has 0 aromatic carbocycles. The highest BCUT2D eigenvalue weighted by Gasteiger charge is 2.09. The number of nitrogens with one attached hydrogen (secondary N) is 2. The van der Waals surface area contributed by atoms with E-state index in [1.807, 2.05) is 7.05 Å². The summed E-state index contributed by atoms with van der Waals surface area (Å²) in [5.74, 6) is 0. The largest absolute Gasteiger partial charge is 0.314 e. The van der Waals surface area contributed by atoms with E-state index in [9.17, 15) is 0 Å². The highest BCUT2D eigenvalue weighted by Crippen LogP contribution is 1.98. The summed E-state index contributed by atoms with van der Waals surface area (Å²) in [5.41, 5.74) is 0. The van der Waals surface area contributed by atoms with Gasteiger partial charge in [-0.3, -0.25) is 0 Å². The fourth-order valence-corrected chi connectivity index (χ4v) is 1.46. The van der Waals surface area contributed by atoms with Gasteiger partial charge in [-0.25, -0.2) is 0 Å². The smallest absolute Gasteiger partial charge is 0.0393 e. The van der Waals surface area contributed by atoms with Crippen LogP contribution in [0.25, 0.3) is 0 Å². The van der Waals surface area contributed by atoms with Gasteiger partial charge in [0.1, 0.15) is 0 Å². The molecule has 3 heteroatoms. The molecular weight excluding hydrogens is 180 g/mol. The van der Waals surface area contributed by atoms with Crippen molar-refractivity contribution in [1.82, 2.24) is 10.6 Å². The Labute approximate surface area is 87.5 Å². The molecule has 0 spiro atoms. The maximum absolute atomic E-state index is 5.26. The number of hydrogen-bond donors (Lipinski definition) is 2. The zero-order chi connectivity index (χ0) is 10.3. The molecular formula is C10H22N2S. The molecule has 0 radical (unpaired) electrons. The molecule has 0 fully saturated rings. The summed E-state index contributed by atoms with van der Waals surface area (Å²) in [6.45, 7) is 7.46. The van der Waals surface area contributed by atoms with Crippen molar-refractivity contribution < 1.29 is 0 Å². The molecule has 0 bridgehead atoms. The second-order valence-corrected chi connectivity index (χ2v) is 4.08. The van der Waals surface area contributed by atoms with Crippen molar-refractivity contribution in [2.45, 2.75) is 45.7 Å². The molecule has 78 valence electrons. The molecule has 1 atom stereocenters. The minimum Gasteiger partial charge on any atom is -0.314 e. The molecule has 0 aromatic rings. The third-order valence-electron chi connectivity index (χ3n) is 2.07. The summed E-state index contributed by atoms with van der Waals surface area (Å²) in [6.07, 6.45) is 2.07. The highest BCUT2D eigenvalue weighted by atomic mass is 32.1. The van der Waals surface area contributed by atoms with Crippen LogP contribution in [0.15, 0.2) is 0 Å². The van der Waals surface area contributed by atoms with Gasteiger partial charge in [0.2, 0.25) is 0 Å². The van der Waals surface area contributed by atoms with Crippen LogP contribution >= 0.6 is 12.2 Å².